The van der Waals surface area contributed by atoms with E-state index in [0.29, 0.717) is 18.0 Å². The molecule has 1 unspecified atom stereocenters. The molecule has 0 heterocycles. The summed E-state index contributed by atoms with van der Waals surface area (Å²) in [6, 6.07) is 7.74. The molecule has 0 spiro atoms. The Labute approximate surface area is 121 Å². The van der Waals surface area contributed by atoms with Gasteiger partial charge >= 0.3 is 0 Å². The van der Waals surface area contributed by atoms with Gasteiger partial charge in [-0.25, -0.2) is 0 Å². The Morgan fingerprint density at radius 2 is 2.22 bits per heavy atom. The lowest BCUT2D eigenvalue weighted by molar-refractivity contribution is -0.129. The van der Waals surface area contributed by atoms with Gasteiger partial charge < -0.3 is 10.6 Å². The van der Waals surface area contributed by atoms with E-state index < -0.39 is 0 Å². The molecule has 3 nitrogen and oxygen atoms in total. The second-order valence-corrected chi connectivity index (χ2v) is 5.77. The van der Waals surface area contributed by atoms with Crippen molar-refractivity contribution in [1.29, 1.82) is 0 Å². The highest BCUT2D eigenvalue weighted by molar-refractivity contribution is 9.10. The maximum atomic E-state index is 12.0. The summed E-state index contributed by atoms with van der Waals surface area (Å²) in [7, 11) is 1.77. The monoisotopic (exact) mass is 328 g/mol. The molecular weight excluding hydrogens is 312 g/mol. The molecule has 1 amide bonds. The summed E-state index contributed by atoms with van der Waals surface area (Å²) in [4.78, 5) is 14.1. The molecule has 18 heavy (non-hydrogen) atoms. The van der Waals surface area contributed by atoms with Crippen LogP contribution in [0.4, 0.5) is 0 Å². The second kappa shape index (κ2) is 6.85. The number of carbonyl (C=O) groups is 1. The van der Waals surface area contributed by atoms with Gasteiger partial charge in [0.1, 0.15) is 0 Å². The minimum absolute atomic E-state index is 0.0384. The maximum Gasteiger partial charge on any atom is 0.226 e. The van der Waals surface area contributed by atoms with Crippen molar-refractivity contribution in [3.63, 3.8) is 0 Å². The van der Waals surface area contributed by atoms with Crippen LogP contribution in [0.25, 0.3) is 0 Å². The van der Waals surface area contributed by atoms with Gasteiger partial charge in [-0.1, -0.05) is 47.2 Å². The Morgan fingerprint density at radius 3 is 2.78 bits per heavy atom. The number of likely N-dealkylation sites (N-methyl/N-ethyl adjacent to an activating group) is 1. The number of carbonyl (C=O) groups excluding carboxylic acids is 1. The van der Waals surface area contributed by atoms with Crippen molar-refractivity contribution in [2.24, 2.45) is 11.7 Å². The van der Waals surface area contributed by atoms with Crippen LogP contribution in [0, 0.1) is 5.92 Å². The SMILES string of the molecule is CC(CN(C)C(=O)Cc1cccc(Br)c1)C(N)=S. The van der Waals surface area contributed by atoms with Gasteiger partial charge in [0.25, 0.3) is 0 Å². The number of hydrogen-bond acceptors (Lipinski definition) is 2. The number of nitrogens with zero attached hydrogens (tertiary/aromatic N) is 1. The highest BCUT2D eigenvalue weighted by atomic mass is 79.9. The van der Waals surface area contributed by atoms with Crippen molar-refractivity contribution >= 4 is 39.0 Å². The van der Waals surface area contributed by atoms with Gasteiger partial charge in [0.2, 0.25) is 5.91 Å². The lowest BCUT2D eigenvalue weighted by atomic mass is 10.1. The van der Waals surface area contributed by atoms with E-state index >= 15 is 0 Å². The average Bonchev–Trinajstić information content (AvgIpc) is 2.28. The van der Waals surface area contributed by atoms with Gasteiger partial charge in [-0.15, -0.1) is 0 Å². The molecule has 0 saturated carbocycles. The number of halogens is 1. The van der Waals surface area contributed by atoms with Crippen LogP contribution < -0.4 is 5.73 Å². The quantitative estimate of drug-likeness (QED) is 0.844. The minimum Gasteiger partial charge on any atom is -0.393 e. The summed E-state index contributed by atoms with van der Waals surface area (Å²) in [6.07, 6.45) is 0.389. The Hall–Kier alpha value is -0.940. The molecule has 1 aromatic carbocycles. The number of benzene rings is 1. The van der Waals surface area contributed by atoms with Crippen LogP contribution in [-0.2, 0) is 11.2 Å². The molecule has 0 aromatic heterocycles. The first kappa shape index (κ1) is 15.1. The van der Waals surface area contributed by atoms with Crippen molar-refractivity contribution in [2.75, 3.05) is 13.6 Å². The molecule has 0 radical (unpaired) electrons. The van der Waals surface area contributed by atoms with Crippen LogP contribution in [0.1, 0.15) is 12.5 Å². The third-order valence-electron chi connectivity index (χ3n) is 2.70. The van der Waals surface area contributed by atoms with E-state index in [9.17, 15) is 4.79 Å². The number of hydrogen-bond donors (Lipinski definition) is 1. The average molecular weight is 329 g/mol. The molecule has 5 heteroatoms. The van der Waals surface area contributed by atoms with Crippen molar-refractivity contribution in [1.82, 2.24) is 4.90 Å². The van der Waals surface area contributed by atoms with Crippen molar-refractivity contribution < 1.29 is 4.79 Å². The smallest absolute Gasteiger partial charge is 0.226 e. The van der Waals surface area contributed by atoms with E-state index in [4.69, 9.17) is 18.0 Å². The largest absolute Gasteiger partial charge is 0.393 e. The van der Waals surface area contributed by atoms with Gasteiger partial charge in [-0.05, 0) is 17.7 Å². The molecule has 0 fully saturated rings. The fourth-order valence-corrected chi connectivity index (χ4v) is 2.08. The molecule has 2 N–H and O–H groups in total. The third kappa shape index (κ3) is 4.74. The zero-order chi connectivity index (χ0) is 13.7. The van der Waals surface area contributed by atoms with E-state index in [1.165, 1.54) is 0 Å². The molecule has 0 bridgehead atoms. The Bertz CT molecular complexity index is 450. The number of amides is 1. The molecule has 1 atom stereocenters. The fourth-order valence-electron chi connectivity index (χ4n) is 1.56. The van der Waals surface area contributed by atoms with Crippen LogP contribution in [-0.4, -0.2) is 29.4 Å². The summed E-state index contributed by atoms with van der Waals surface area (Å²) in [5.41, 5.74) is 6.53. The molecule has 0 saturated heterocycles. The Balaban J connectivity index is 2.57. The van der Waals surface area contributed by atoms with E-state index in [1.54, 1.807) is 11.9 Å². The third-order valence-corrected chi connectivity index (χ3v) is 3.60. The van der Waals surface area contributed by atoms with Crippen molar-refractivity contribution in [3.8, 4) is 0 Å². The van der Waals surface area contributed by atoms with E-state index in [1.807, 2.05) is 31.2 Å². The Morgan fingerprint density at radius 1 is 1.56 bits per heavy atom. The summed E-state index contributed by atoms with van der Waals surface area (Å²) in [6.45, 7) is 2.48. The summed E-state index contributed by atoms with van der Waals surface area (Å²) < 4.78 is 0.979. The number of nitrogens with two attached hydrogens (primary N) is 1. The summed E-state index contributed by atoms with van der Waals surface area (Å²) >= 11 is 8.29. The second-order valence-electron chi connectivity index (χ2n) is 4.38. The van der Waals surface area contributed by atoms with E-state index in [-0.39, 0.29) is 11.8 Å². The highest BCUT2D eigenvalue weighted by Gasteiger charge is 2.14. The molecular formula is C13H17BrN2OS. The lowest BCUT2D eigenvalue weighted by Gasteiger charge is -2.21. The number of thiocarbonyl (C=S) groups is 1. The van der Waals surface area contributed by atoms with Gasteiger partial charge in [-0.3, -0.25) is 4.79 Å². The van der Waals surface area contributed by atoms with E-state index in [2.05, 4.69) is 15.9 Å². The van der Waals surface area contributed by atoms with E-state index in [0.717, 1.165) is 10.0 Å². The van der Waals surface area contributed by atoms with Gasteiger partial charge in [0.05, 0.1) is 11.4 Å². The zero-order valence-corrected chi connectivity index (χ0v) is 12.9. The number of rotatable bonds is 5. The van der Waals surface area contributed by atoms with Crippen molar-refractivity contribution in [3.05, 3.63) is 34.3 Å². The fraction of sp³-hybridized carbons (Fsp3) is 0.385. The normalized spacial score (nSPS) is 11.9. The molecule has 1 aromatic rings. The maximum absolute atomic E-state index is 12.0. The molecule has 0 aliphatic rings. The zero-order valence-electron chi connectivity index (χ0n) is 10.5. The molecule has 0 aliphatic carbocycles. The topological polar surface area (TPSA) is 46.3 Å². The molecule has 1 rings (SSSR count). The molecule has 0 aliphatic heterocycles. The van der Waals surface area contributed by atoms with Crippen LogP contribution in [0.5, 0.6) is 0 Å². The standard InChI is InChI=1S/C13H17BrN2OS/c1-9(13(15)18)8-16(2)12(17)7-10-4-3-5-11(14)6-10/h3-6,9H,7-8H2,1-2H3,(H2,15,18). The van der Waals surface area contributed by atoms with Crippen LogP contribution >= 0.6 is 28.1 Å². The highest BCUT2D eigenvalue weighted by Crippen LogP contribution is 2.13. The van der Waals surface area contributed by atoms with Gasteiger partial charge in [0.15, 0.2) is 0 Å². The predicted octanol–water partition coefficient (Wildman–Crippen LogP) is 2.37. The summed E-state index contributed by atoms with van der Waals surface area (Å²) in [5.74, 6) is 0.104. The molecule has 98 valence electrons. The van der Waals surface area contributed by atoms with Gasteiger partial charge in [0, 0.05) is 24.0 Å². The lowest BCUT2D eigenvalue weighted by Crippen LogP contribution is -2.36. The summed E-state index contributed by atoms with van der Waals surface area (Å²) in [5, 5.41) is 0. The first-order chi connectivity index (χ1) is 8.40. The van der Waals surface area contributed by atoms with Crippen LogP contribution in [0.3, 0.4) is 0 Å². The van der Waals surface area contributed by atoms with Crippen LogP contribution in [0.15, 0.2) is 28.7 Å². The Kier molecular flexibility index (Phi) is 5.75. The first-order valence-corrected chi connectivity index (χ1v) is 6.88. The van der Waals surface area contributed by atoms with Crippen molar-refractivity contribution in [2.45, 2.75) is 13.3 Å². The van der Waals surface area contributed by atoms with Gasteiger partial charge in [-0.2, -0.15) is 0 Å². The predicted molar refractivity (Wildman–Crippen MR) is 81.4 cm³/mol. The first-order valence-electron chi connectivity index (χ1n) is 5.68. The minimum atomic E-state index is 0.0384. The van der Waals surface area contributed by atoms with Crippen LogP contribution in [0.2, 0.25) is 0 Å².